The molecule has 5 nitrogen and oxygen atoms in total. The number of carboxylic acid groups (broad SMARTS) is 1. The predicted molar refractivity (Wildman–Crippen MR) is 82.0 cm³/mol. The highest BCUT2D eigenvalue weighted by molar-refractivity contribution is 6.49. The summed E-state index contributed by atoms with van der Waals surface area (Å²) in [5.41, 5.74) is 6.45. The van der Waals surface area contributed by atoms with E-state index in [-0.39, 0.29) is 22.4 Å². The van der Waals surface area contributed by atoms with E-state index in [0.717, 1.165) is 0 Å². The van der Waals surface area contributed by atoms with Crippen LogP contribution in [-0.4, -0.2) is 22.6 Å². The van der Waals surface area contributed by atoms with Gasteiger partial charge in [0.15, 0.2) is 0 Å². The van der Waals surface area contributed by atoms with E-state index in [1.807, 2.05) is 0 Å². The zero-order valence-electron chi connectivity index (χ0n) is 11.9. The Hall–Kier alpha value is -2.95. The zero-order chi connectivity index (χ0) is 16.3. The van der Waals surface area contributed by atoms with Crippen LogP contribution in [0.15, 0.2) is 48.5 Å². The molecule has 0 amide bonds. The number of carbonyl (C=O) groups is 3. The van der Waals surface area contributed by atoms with E-state index in [4.69, 9.17) is 10.8 Å². The van der Waals surface area contributed by atoms with Crippen molar-refractivity contribution in [2.45, 2.75) is 12.8 Å². The Balaban J connectivity index is 2.49. The summed E-state index contributed by atoms with van der Waals surface area (Å²) in [6.45, 7) is 1.43. The van der Waals surface area contributed by atoms with E-state index in [1.165, 1.54) is 37.3 Å². The molecule has 22 heavy (non-hydrogen) atoms. The average Bonchev–Trinajstić information content (AvgIpc) is 2.53. The van der Waals surface area contributed by atoms with Crippen LogP contribution in [0.5, 0.6) is 0 Å². The first-order chi connectivity index (χ1) is 10.4. The number of aliphatic carboxylic acids is 1. The summed E-state index contributed by atoms with van der Waals surface area (Å²) in [6, 6.07) is 12.6. The minimum absolute atomic E-state index is 0.0313. The molecule has 2 aromatic carbocycles. The Morgan fingerprint density at radius 1 is 0.955 bits per heavy atom. The van der Waals surface area contributed by atoms with E-state index in [1.54, 1.807) is 18.2 Å². The Bertz CT molecular complexity index is 738. The van der Waals surface area contributed by atoms with Crippen molar-refractivity contribution in [3.05, 3.63) is 65.2 Å². The molecule has 112 valence electrons. The standard InChI is InChI=1S/C17H15NO4/c1-10(17(21)22)14-12(8-5-9-13(14)18)16(20)15(19)11-6-3-2-4-7-11/h2-10H,18H2,1H3,(H,21,22). The molecule has 2 aromatic rings. The lowest BCUT2D eigenvalue weighted by Crippen LogP contribution is -2.20. The molecule has 3 N–H and O–H groups in total. The molecule has 0 aliphatic carbocycles. The van der Waals surface area contributed by atoms with E-state index < -0.39 is 23.5 Å². The van der Waals surface area contributed by atoms with E-state index >= 15 is 0 Å². The number of hydrogen-bond acceptors (Lipinski definition) is 4. The fraction of sp³-hybridized carbons (Fsp3) is 0.118. The number of carbonyl (C=O) groups excluding carboxylic acids is 2. The Kier molecular flexibility index (Phi) is 4.36. The number of nitrogen functional groups attached to an aromatic ring is 1. The predicted octanol–water partition coefficient (Wildman–Crippen LogP) is 2.52. The maximum absolute atomic E-state index is 12.4. The van der Waals surface area contributed by atoms with Gasteiger partial charge in [-0.15, -0.1) is 0 Å². The quantitative estimate of drug-likeness (QED) is 0.502. The molecule has 0 fully saturated rings. The van der Waals surface area contributed by atoms with E-state index in [0.29, 0.717) is 0 Å². The van der Waals surface area contributed by atoms with Crippen molar-refractivity contribution in [1.29, 1.82) is 0 Å². The molecular weight excluding hydrogens is 282 g/mol. The third-order valence-electron chi connectivity index (χ3n) is 3.43. The first kappa shape index (κ1) is 15.4. The van der Waals surface area contributed by atoms with Gasteiger partial charge in [0, 0.05) is 22.4 Å². The molecule has 0 aliphatic rings. The van der Waals surface area contributed by atoms with Crippen molar-refractivity contribution in [3.8, 4) is 0 Å². The fourth-order valence-corrected chi connectivity index (χ4v) is 2.23. The maximum Gasteiger partial charge on any atom is 0.310 e. The van der Waals surface area contributed by atoms with Crippen molar-refractivity contribution >= 4 is 23.2 Å². The molecule has 0 aromatic heterocycles. The fourth-order valence-electron chi connectivity index (χ4n) is 2.23. The number of nitrogens with two attached hydrogens (primary N) is 1. The van der Waals surface area contributed by atoms with Crippen molar-refractivity contribution in [1.82, 2.24) is 0 Å². The van der Waals surface area contributed by atoms with Gasteiger partial charge in [0.2, 0.25) is 11.6 Å². The largest absolute Gasteiger partial charge is 0.481 e. The highest BCUT2D eigenvalue weighted by Gasteiger charge is 2.27. The lowest BCUT2D eigenvalue weighted by Gasteiger charge is -2.14. The van der Waals surface area contributed by atoms with Crippen LogP contribution in [-0.2, 0) is 4.79 Å². The van der Waals surface area contributed by atoms with Gasteiger partial charge in [0.1, 0.15) is 0 Å². The SMILES string of the molecule is CC(C(=O)O)c1c(N)cccc1C(=O)C(=O)c1ccccc1. The lowest BCUT2D eigenvalue weighted by molar-refractivity contribution is -0.138. The molecule has 1 atom stereocenters. The van der Waals surface area contributed by atoms with Crippen LogP contribution in [0.3, 0.4) is 0 Å². The summed E-state index contributed by atoms with van der Waals surface area (Å²) in [6.07, 6.45) is 0. The number of hydrogen-bond donors (Lipinski definition) is 2. The van der Waals surface area contributed by atoms with Gasteiger partial charge in [0.25, 0.3) is 0 Å². The molecule has 5 heteroatoms. The van der Waals surface area contributed by atoms with Crippen molar-refractivity contribution in [2.75, 3.05) is 5.73 Å². The summed E-state index contributed by atoms with van der Waals surface area (Å²) >= 11 is 0. The average molecular weight is 297 g/mol. The van der Waals surface area contributed by atoms with Gasteiger partial charge < -0.3 is 10.8 Å². The number of anilines is 1. The van der Waals surface area contributed by atoms with Crippen LogP contribution in [0.2, 0.25) is 0 Å². The number of benzene rings is 2. The number of ketones is 2. The van der Waals surface area contributed by atoms with Gasteiger partial charge in [-0.2, -0.15) is 0 Å². The highest BCUT2D eigenvalue weighted by atomic mass is 16.4. The number of carboxylic acids is 1. The molecule has 0 spiro atoms. The molecule has 2 rings (SSSR count). The van der Waals surface area contributed by atoms with Crippen LogP contribution in [0.4, 0.5) is 5.69 Å². The van der Waals surface area contributed by atoms with Gasteiger partial charge in [-0.05, 0) is 13.0 Å². The Morgan fingerprint density at radius 3 is 2.18 bits per heavy atom. The lowest BCUT2D eigenvalue weighted by atomic mass is 9.89. The van der Waals surface area contributed by atoms with Crippen LogP contribution >= 0.6 is 0 Å². The molecule has 0 saturated carbocycles. The highest BCUT2D eigenvalue weighted by Crippen LogP contribution is 2.27. The van der Waals surface area contributed by atoms with Gasteiger partial charge in [-0.3, -0.25) is 14.4 Å². The zero-order valence-corrected chi connectivity index (χ0v) is 11.9. The smallest absolute Gasteiger partial charge is 0.310 e. The van der Waals surface area contributed by atoms with E-state index in [2.05, 4.69) is 0 Å². The topological polar surface area (TPSA) is 97.5 Å². The number of Topliss-reactive ketones (excluding diaryl/α,β-unsaturated/α-hetero) is 2. The van der Waals surface area contributed by atoms with Gasteiger partial charge in [0.05, 0.1) is 5.92 Å². The Labute approximate surface area is 127 Å². The number of rotatable bonds is 5. The van der Waals surface area contributed by atoms with Crippen LogP contribution in [0.1, 0.15) is 39.1 Å². The van der Waals surface area contributed by atoms with Crippen molar-refractivity contribution < 1.29 is 19.5 Å². The normalized spacial score (nSPS) is 11.7. The third kappa shape index (κ3) is 2.88. The summed E-state index contributed by atoms with van der Waals surface area (Å²) < 4.78 is 0. The second kappa shape index (κ2) is 6.22. The van der Waals surface area contributed by atoms with Gasteiger partial charge in [-0.1, -0.05) is 42.5 Å². The van der Waals surface area contributed by atoms with Crippen LogP contribution in [0.25, 0.3) is 0 Å². The molecule has 1 unspecified atom stereocenters. The molecule has 0 heterocycles. The van der Waals surface area contributed by atoms with Gasteiger partial charge >= 0.3 is 5.97 Å². The third-order valence-corrected chi connectivity index (χ3v) is 3.43. The summed E-state index contributed by atoms with van der Waals surface area (Å²) in [7, 11) is 0. The summed E-state index contributed by atoms with van der Waals surface area (Å²) in [4.78, 5) is 35.9. The molecule has 0 radical (unpaired) electrons. The minimum Gasteiger partial charge on any atom is -0.481 e. The summed E-state index contributed by atoms with van der Waals surface area (Å²) in [5.74, 6) is -3.55. The van der Waals surface area contributed by atoms with Crippen LogP contribution < -0.4 is 5.73 Å². The molecule has 0 aliphatic heterocycles. The summed E-state index contributed by atoms with van der Waals surface area (Å²) in [5, 5.41) is 9.17. The van der Waals surface area contributed by atoms with Crippen molar-refractivity contribution in [3.63, 3.8) is 0 Å². The molecule has 0 saturated heterocycles. The van der Waals surface area contributed by atoms with Crippen LogP contribution in [0, 0.1) is 0 Å². The molecule has 0 bridgehead atoms. The molecular formula is C17H15NO4. The van der Waals surface area contributed by atoms with E-state index in [9.17, 15) is 14.4 Å². The van der Waals surface area contributed by atoms with Crippen molar-refractivity contribution in [2.24, 2.45) is 0 Å². The first-order valence-electron chi connectivity index (χ1n) is 6.68. The second-order valence-corrected chi connectivity index (χ2v) is 4.89. The maximum atomic E-state index is 12.4. The second-order valence-electron chi connectivity index (χ2n) is 4.89. The monoisotopic (exact) mass is 297 g/mol. The Morgan fingerprint density at radius 2 is 1.59 bits per heavy atom. The van der Waals surface area contributed by atoms with Gasteiger partial charge in [-0.25, -0.2) is 0 Å². The minimum atomic E-state index is -1.11. The first-order valence-corrected chi connectivity index (χ1v) is 6.68.